The number of thiazole rings is 1. The Morgan fingerprint density at radius 2 is 2.15 bits per heavy atom. The summed E-state index contributed by atoms with van der Waals surface area (Å²) in [6, 6.07) is 6.09. The van der Waals surface area contributed by atoms with Gasteiger partial charge in [-0.25, -0.2) is 9.37 Å². The quantitative estimate of drug-likeness (QED) is 0.742. The molecule has 7 heteroatoms. The highest BCUT2D eigenvalue weighted by Gasteiger charge is 2.40. The molecule has 0 amide bonds. The number of hydrogen-bond donors (Lipinski definition) is 2. The summed E-state index contributed by atoms with van der Waals surface area (Å²) in [5, 5.41) is 2.53. The zero-order chi connectivity index (χ0) is 19.0. The third-order valence-corrected chi connectivity index (χ3v) is 6.47. The van der Waals surface area contributed by atoms with Crippen molar-refractivity contribution in [1.29, 1.82) is 0 Å². The molecule has 1 aliphatic carbocycles. The molecule has 2 N–H and O–H groups in total. The largest absolute Gasteiger partial charge is 0.375 e. The summed E-state index contributed by atoms with van der Waals surface area (Å²) in [7, 11) is 0. The normalized spacial score (nSPS) is 23.5. The lowest BCUT2D eigenvalue weighted by atomic mass is 9.93. The number of halogens is 1. The molecule has 1 aromatic carbocycles. The van der Waals surface area contributed by atoms with Gasteiger partial charge in [0.15, 0.2) is 10.9 Å². The number of thiol groups is 1. The van der Waals surface area contributed by atoms with E-state index in [4.69, 9.17) is 18.4 Å². The Labute approximate surface area is 167 Å². The minimum Gasteiger partial charge on any atom is -0.375 e. The number of nitrogens with zero attached hydrogens (tertiary/aromatic N) is 2. The van der Waals surface area contributed by atoms with E-state index < -0.39 is 6.04 Å². The van der Waals surface area contributed by atoms with Gasteiger partial charge in [0.1, 0.15) is 5.82 Å². The summed E-state index contributed by atoms with van der Waals surface area (Å²) in [4.78, 5) is 19.4. The number of nitrogens with two attached hydrogens (primary N) is 1. The summed E-state index contributed by atoms with van der Waals surface area (Å²) in [5.74, 6) is -0.119. The second kappa shape index (κ2) is 7.73. The van der Waals surface area contributed by atoms with E-state index in [1.807, 2.05) is 11.5 Å². The molecule has 142 valence electrons. The smallest absolute Gasteiger partial charge is 0.180 e. The fraction of sp³-hybridized carbons (Fsp3) is 0.400. The van der Waals surface area contributed by atoms with Gasteiger partial charge in [-0.2, -0.15) is 12.6 Å². The summed E-state index contributed by atoms with van der Waals surface area (Å²) in [6.45, 7) is 1.28. The summed E-state index contributed by atoms with van der Waals surface area (Å²) in [6.07, 6.45) is 4.62. The fourth-order valence-corrected chi connectivity index (χ4v) is 4.42. The van der Waals surface area contributed by atoms with Crippen molar-refractivity contribution in [3.8, 4) is 0 Å². The van der Waals surface area contributed by atoms with Gasteiger partial charge < -0.3 is 5.73 Å². The Hall–Kier alpha value is -1.70. The van der Waals surface area contributed by atoms with Crippen LogP contribution in [0.5, 0.6) is 0 Å². The maximum absolute atomic E-state index is 14.5. The van der Waals surface area contributed by atoms with Gasteiger partial charge in [0, 0.05) is 35.2 Å². The van der Waals surface area contributed by atoms with Crippen LogP contribution in [0.3, 0.4) is 0 Å². The number of nitrogen functional groups attached to an aromatic ring is 1. The number of anilines is 1. The zero-order valence-corrected chi connectivity index (χ0v) is 16.6. The predicted molar refractivity (Wildman–Crippen MR) is 110 cm³/mol. The highest BCUT2D eigenvalue weighted by atomic mass is 32.1. The minimum atomic E-state index is -0.538. The molecule has 1 aromatic heterocycles. The lowest BCUT2D eigenvalue weighted by Crippen LogP contribution is -2.42. The SMILES string of the molecule is Nc1nc(C=C2CN(C(C(=O)C3CC3)c3ccccc3F)CCC2S)cs1. The van der Waals surface area contributed by atoms with Crippen LogP contribution < -0.4 is 5.73 Å². The van der Waals surface area contributed by atoms with Gasteiger partial charge in [0.25, 0.3) is 0 Å². The maximum atomic E-state index is 14.5. The molecule has 4 rings (SSSR count). The number of Topliss-reactive ketones (excluding diaryl/α,β-unsaturated/α-hetero) is 1. The molecular weight excluding hydrogens is 381 g/mol. The van der Waals surface area contributed by atoms with Crippen LogP contribution >= 0.6 is 24.0 Å². The summed E-state index contributed by atoms with van der Waals surface area (Å²) >= 11 is 6.10. The van der Waals surface area contributed by atoms with E-state index in [1.165, 1.54) is 17.4 Å². The highest BCUT2D eigenvalue weighted by Crippen LogP contribution is 2.39. The molecule has 1 saturated carbocycles. The highest BCUT2D eigenvalue weighted by molar-refractivity contribution is 7.81. The lowest BCUT2D eigenvalue weighted by Gasteiger charge is -2.37. The van der Waals surface area contributed by atoms with Gasteiger partial charge in [-0.15, -0.1) is 11.3 Å². The van der Waals surface area contributed by atoms with Crippen molar-refractivity contribution in [1.82, 2.24) is 9.88 Å². The number of aromatic nitrogens is 1. The van der Waals surface area contributed by atoms with Crippen molar-refractivity contribution in [2.24, 2.45) is 5.92 Å². The molecule has 4 nitrogen and oxygen atoms in total. The van der Waals surface area contributed by atoms with Crippen LogP contribution in [0, 0.1) is 11.7 Å². The minimum absolute atomic E-state index is 0.0640. The Balaban J connectivity index is 1.64. The Morgan fingerprint density at radius 1 is 1.37 bits per heavy atom. The van der Waals surface area contributed by atoms with Crippen LogP contribution in [0.25, 0.3) is 6.08 Å². The third-order valence-electron chi connectivity index (χ3n) is 5.19. The van der Waals surface area contributed by atoms with Crippen LogP contribution in [-0.2, 0) is 4.79 Å². The first-order valence-electron chi connectivity index (χ1n) is 9.14. The molecule has 0 spiro atoms. The second-order valence-corrected chi connectivity index (χ2v) is 8.72. The number of benzene rings is 1. The van der Waals surface area contributed by atoms with Crippen LogP contribution in [0.15, 0.2) is 35.2 Å². The number of carbonyl (C=O) groups is 1. The van der Waals surface area contributed by atoms with Gasteiger partial charge in [0.05, 0.1) is 11.7 Å². The molecule has 1 aliphatic heterocycles. The molecule has 1 saturated heterocycles. The monoisotopic (exact) mass is 403 g/mol. The molecule has 2 heterocycles. The van der Waals surface area contributed by atoms with Crippen LogP contribution in [-0.4, -0.2) is 34.0 Å². The molecule has 2 unspecified atom stereocenters. The van der Waals surface area contributed by atoms with Gasteiger partial charge in [-0.3, -0.25) is 9.69 Å². The molecule has 2 aromatic rings. The van der Waals surface area contributed by atoms with Crippen LogP contribution in [0.2, 0.25) is 0 Å². The van der Waals surface area contributed by atoms with Gasteiger partial charge in [-0.1, -0.05) is 18.2 Å². The van der Waals surface area contributed by atoms with E-state index in [1.54, 1.807) is 18.2 Å². The van der Waals surface area contributed by atoms with E-state index >= 15 is 0 Å². The number of carbonyl (C=O) groups excluding carboxylic acids is 1. The number of ketones is 1. The number of rotatable bonds is 5. The zero-order valence-electron chi connectivity index (χ0n) is 14.8. The van der Waals surface area contributed by atoms with Crippen molar-refractivity contribution in [2.45, 2.75) is 30.6 Å². The van der Waals surface area contributed by atoms with E-state index in [-0.39, 0.29) is 22.8 Å². The van der Waals surface area contributed by atoms with Crippen molar-refractivity contribution in [3.05, 3.63) is 52.3 Å². The molecule has 2 fully saturated rings. The van der Waals surface area contributed by atoms with Crippen molar-refractivity contribution in [3.63, 3.8) is 0 Å². The number of piperidine rings is 1. The predicted octanol–water partition coefficient (Wildman–Crippen LogP) is 3.97. The van der Waals surface area contributed by atoms with Gasteiger partial charge in [-0.05, 0) is 37.0 Å². The first-order valence-corrected chi connectivity index (χ1v) is 10.5. The van der Waals surface area contributed by atoms with E-state index in [0.29, 0.717) is 23.8 Å². The standard InChI is InChI=1S/C20H22FN3OS2/c21-16-4-2-1-3-15(16)18(19(25)12-5-6-12)24-8-7-17(26)13(10-24)9-14-11-27-20(22)23-14/h1-4,9,11-12,17-18,26H,5-8,10H2,(H2,22,23). The van der Waals surface area contributed by atoms with Crippen molar-refractivity contribution >= 4 is 41.0 Å². The average Bonchev–Trinajstić information content (AvgIpc) is 3.42. The van der Waals surface area contributed by atoms with Gasteiger partial charge >= 0.3 is 0 Å². The molecule has 0 bridgehead atoms. The third kappa shape index (κ3) is 4.10. The molecule has 2 atom stereocenters. The summed E-state index contributed by atoms with van der Waals surface area (Å²) in [5.41, 5.74) is 8.10. The number of hydrogen-bond acceptors (Lipinski definition) is 6. The van der Waals surface area contributed by atoms with E-state index in [9.17, 15) is 9.18 Å². The topological polar surface area (TPSA) is 59.2 Å². The van der Waals surface area contributed by atoms with Crippen LogP contribution in [0.1, 0.15) is 36.6 Å². The molecular formula is C20H22FN3OS2. The fourth-order valence-electron chi connectivity index (χ4n) is 3.63. The molecule has 27 heavy (non-hydrogen) atoms. The average molecular weight is 404 g/mol. The van der Waals surface area contributed by atoms with Crippen LogP contribution in [0.4, 0.5) is 9.52 Å². The molecule has 2 aliphatic rings. The van der Waals surface area contributed by atoms with E-state index in [2.05, 4.69) is 9.88 Å². The van der Waals surface area contributed by atoms with Gasteiger partial charge in [0.2, 0.25) is 0 Å². The Kier molecular flexibility index (Phi) is 5.34. The Bertz CT molecular complexity index is 878. The molecule has 0 radical (unpaired) electrons. The lowest BCUT2D eigenvalue weighted by molar-refractivity contribution is -0.126. The first kappa shape index (κ1) is 18.7. The van der Waals surface area contributed by atoms with Crippen molar-refractivity contribution < 1.29 is 9.18 Å². The summed E-state index contributed by atoms with van der Waals surface area (Å²) < 4.78 is 14.5. The number of likely N-dealkylation sites (tertiary alicyclic amines) is 1. The second-order valence-electron chi connectivity index (χ2n) is 7.21. The Morgan fingerprint density at radius 3 is 2.81 bits per heavy atom. The first-order chi connectivity index (χ1) is 13.0. The maximum Gasteiger partial charge on any atom is 0.180 e. The van der Waals surface area contributed by atoms with E-state index in [0.717, 1.165) is 30.5 Å². The van der Waals surface area contributed by atoms with Crippen molar-refractivity contribution in [2.75, 3.05) is 18.8 Å².